The van der Waals surface area contributed by atoms with Gasteiger partial charge in [0.1, 0.15) is 0 Å². The molecule has 3 aromatic rings. The highest BCUT2D eigenvalue weighted by Gasteiger charge is 2.20. The van der Waals surface area contributed by atoms with Gasteiger partial charge in [-0.25, -0.2) is 0 Å². The summed E-state index contributed by atoms with van der Waals surface area (Å²) in [5.74, 6) is 0.691. The van der Waals surface area contributed by atoms with Gasteiger partial charge >= 0.3 is 0 Å². The van der Waals surface area contributed by atoms with Crippen molar-refractivity contribution in [3.05, 3.63) is 89.2 Å². The van der Waals surface area contributed by atoms with Gasteiger partial charge in [0.05, 0.1) is 13.1 Å². The van der Waals surface area contributed by atoms with Crippen LogP contribution in [0.25, 0.3) is 0 Å². The van der Waals surface area contributed by atoms with Crippen molar-refractivity contribution in [3.8, 4) is 0 Å². The fourth-order valence-electron chi connectivity index (χ4n) is 3.83. The molecule has 160 valence electrons. The van der Waals surface area contributed by atoms with Crippen LogP contribution in [-0.4, -0.2) is 46.7 Å². The molecule has 2 N–H and O–H groups in total. The normalized spacial score (nSPS) is 13.6. The van der Waals surface area contributed by atoms with E-state index in [1.54, 1.807) is 13.2 Å². The Morgan fingerprint density at radius 3 is 2.58 bits per heavy atom. The fourth-order valence-corrected chi connectivity index (χ4v) is 3.83. The average molecular weight is 417 g/mol. The molecular formula is C24H28N6O. The molecule has 1 amide bonds. The minimum atomic E-state index is 0.0801. The van der Waals surface area contributed by atoms with Gasteiger partial charge in [-0.2, -0.15) is 5.10 Å². The first-order chi connectivity index (χ1) is 15.2. The molecule has 1 aliphatic heterocycles. The van der Waals surface area contributed by atoms with Gasteiger partial charge in [0, 0.05) is 39.1 Å². The zero-order valence-electron chi connectivity index (χ0n) is 17.8. The molecule has 0 saturated heterocycles. The lowest BCUT2D eigenvalue weighted by molar-refractivity contribution is -0.130. The maximum atomic E-state index is 12.7. The predicted molar refractivity (Wildman–Crippen MR) is 122 cm³/mol. The summed E-state index contributed by atoms with van der Waals surface area (Å²) < 4.78 is 1.90. The van der Waals surface area contributed by atoms with E-state index in [-0.39, 0.29) is 12.5 Å². The molecule has 7 heteroatoms. The number of amides is 1. The van der Waals surface area contributed by atoms with Gasteiger partial charge in [-0.1, -0.05) is 48.5 Å². The maximum Gasteiger partial charge on any atom is 0.242 e. The zero-order valence-corrected chi connectivity index (χ0v) is 17.8. The van der Waals surface area contributed by atoms with E-state index in [1.165, 1.54) is 22.3 Å². The fraction of sp³-hybridized carbons (Fsp3) is 0.292. The molecule has 7 nitrogen and oxygen atoms in total. The van der Waals surface area contributed by atoms with Gasteiger partial charge in [0.15, 0.2) is 5.96 Å². The van der Waals surface area contributed by atoms with E-state index >= 15 is 0 Å². The van der Waals surface area contributed by atoms with Crippen LogP contribution in [0.15, 0.2) is 72.0 Å². The molecule has 0 aliphatic carbocycles. The molecule has 31 heavy (non-hydrogen) atoms. The topological polar surface area (TPSA) is 74.6 Å². The van der Waals surface area contributed by atoms with Crippen LogP contribution in [0, 0.1) is 0 Å². The van der Waals surface area contributed by atoms with Crippen LogP contribution in [0.5, 0.6) is 0 Å². The standard InChI is InChI=1S/C24H28N6O/c1-25-24(26-15-20-8-3-5-10-22(20)18-30-13-6-12-28-30)27-16-23(31)29-14-11-19-7-2-4-9-21(19)17-29/h2-10,12-13H,11,14-18H2,1H3,(H2,25,26,27). The van der Waals surface area contributed by atoms with Gasteiger partial charge in [0.25, 0.3) is 0 Å². The third-order valence-electron chi connectivity index (χ3n) is 5.57. The number of rotatable bonds is 6. The first-order valence-corrected chi connectivity index (χ1v) is 10.6. The number of fused-ring (bicyclic) bond motifs is 1. The molecule has 2 aromatic carbocycles. The number of hydrogen-bond acceptors (Lipinski definition) is 3. The van der Waals surface area contributed by atoms with Crippen molar-refractivity contribution < 1.29 is 4.79 Å². The summed E-state index contributed by atoms with van der Waals surface area (Å²) in [6.45, 7) is 2.97. The lowest BCUT2D eigenvalue weighted by atomic mass is 10.00. The van der Waals surface area contributed by atoms with E-state index in [2.05, 4.69) is 51.1 Å². The quantitative estimate of drug-likeness (QED) is 0.477. The number of benzene rings is 2. The maximum absolute atomic E-state index is 12.7. The van der Waals surface area contributed by atoms with Crippen molar-refractivity contribution in [3.63, 3.8) is 0 Å². The van der Waals surface area contributed by atoms with Crippen molar-refractivity contribution in [2.45, 2.75) is 26.1 Å². The second kappa shape index (κ2) is 9.93. The second-order valence-electron chi connectivity index (χ2n) is 7.59. The third kappa shape index (κ3) is 5.31. The van der Waals surface area contributed by atoms with Gasteiger partial charge in [0.2, 0.25) is 5.91 Å². The summed E-state index contributed by atoms with van der Waals surface area (Å²) in [5.41, 5.74) is 4.93. The number of aliphatic imine (C=N–C) groups is 1. The lowest BCUT2D eigenvalue weighted by Gasteiger charge is -2.29. The lowest BCUT2D eigenvalue weighted by Crippen LogP contribution is -2.45. The van der Waals surface area contributed by atoms with Crippen molar-refractivity contribution in [1.29, 1.82) is 0 Å². The summed E-state index contributed by atoms with van der Waals surface area (Å²) >= 11 is 0. The number of guanidine groups is 1. The summed E-state index contributed by atoms with van der Waals surface area (Å²) in [5, 5.41) is 10.8. The van der Waals surface area contributed by atoms with Crippen LogP contribution in [0.3, 0.4) is 0 Å². The Morgan fingerprint density at radius 1 is 1.03 bits per heavy atom. The highest BCUT2D eigenvalue weighted by Crippen LogP contribution is 2.18. The van der Waals surface area contributed by atoms with Crippen LogP contribution in [0.2, 0.25) is 0 Å². The van der Waals surface area contributed by atoms with E-state index in [0.717, 1.165) is 13.0 Å². The largest absolute Gasteiger partial charge is 0.352 e. The van der Waals surface area contributed by atoms with Crippen LogP contribution in [-0.2, 0) is 30.8 Å². The van der Waals surface area contributed by atoms with Crippen molar-refractivity contribution in [2.75, 3.05) is 20.1 Å². The molecule has 0 fully saturated rings. The minimum Gasteiger partial charge on any atom is -0.352 e. The monoisotopic (exact) mass is 416 g/mol. The number of hydrogen-bond donors (Lipinski definition) is 2. The number of nitrogens with one attached hydrogen (secondary N) is 2. The van der Waals surface area contributed by atoms with E-state index in [4.69, 9.17) is 0 Å². The van der Waals surface area contributed by atoms with E-state index in [9.17, 15) is 4.79 Å². The molecular weight excluding hydrogens is 388 g/mol. The van der Waals surface area contributed by atoms with Gasteiger partial charge < -0.3 is 15.5 Å². The number of carbonyl (C=O) groups is 1. The smallest absolute Gasteiger partial charge is 0.242 e. The molecule has 4 rings (SSSR count). The molecule has 0 unspecified atom stereocenters. The van der Waals surface area contributed by atoms with Crippen LogP contribution in [0.4, 0.5) is 0 Å². The summed E-state index contributed by atoms with van der Waals surface area (Å²) in [4.78, 5) is 18.9. The first-order valence-electron chi connectivity index (χ1n) is 10.6. The average Bonchev–Trinajstić information content (AvgIpc) is 3.32. The number of carbonyl (C=O) groups excluding carboxylic acids is 1. The van der Waals surface area contributed by atoms with Crippen LogP contribution < -0.4 is 10.6 Å². The molecule has 0 spiro atoms. The summed E-state index contributed by atoms with van der Waals surface area (Å²) in [7, 11) is 1.71. The van der Waals surface area contributed by atoms with Gasteiger partial charge in [-0.05, 0) is 34.7 Å². The predicted octanol–water partition coefficient (Wildman–Crippen LogP) is 2.18. The van der Waals surface area contributed by atoms with Crippen LogP contribution >= 0.6 is 0 Å². The number of nitrogens with zero attached hydrogens (tertiary/aromatic N) is 4. The Kier molecular flexibility index (Phi) is 6.62. The molecule has 0 bridgehead atoms. The molecule has 0 saturated carbocycles. The SMILES string of the molecule is CN=C(NCC(=O)N1CCc2ccccc2C1)NCc1ccccc1Cn1cccn1. The van der Waals surface area contributed by atoms with E-state index in [1.807, 2.05) is 40.0 Å². The Labute approximate surface area is 182 Å². The Balaban J connectivity index is 1.29. The Hall–Kier alpha value is -3.61. The minimum absolute atomic E-state index is 0.0801. The molecule has 2 heterocycles. The highest BCUT2D eigenvalue weighted by molar-refractivity contribution is 5.86. The summed E-state index contributed by atoms with van der Waals surface area (Å²) in [6.07, 6.45) is 4.64. The molecule has 0 atom stereocenters. The summed E-state index contributed by atoms with van der Waals surface area (Å²) in [6, 6.07) is 18.5. The third-order valence-corrected chi connectivity index (χ3v) is 5.57. The molecule has 1 aromatic heterocycles. The first kappa shape index (κ1) is 20.7. The number of aromatic nitrogens is 2. The van der Waals surface area contributed by atoms with Crippen molar-refractivity contribution in [2.24, 2.45) is 4.99 Å². The highest BCUT2D eigenvalue weighted by atomic mass is 16.2. The van der Waals surface area contributed by atoms with Gasteiger partial charge in [-0.3, -0.25) is 14.5 Å². The van der Waals surface area contributed by atoms with Crippen molar-refractivity contribution in [1.82, 2.24) is 25.3 Å². The second-order valence-corrected chi connectivity index (χ2v) is 7.59. The zero-order chi connectivity index (χ0) is 21.5. The van der Waals surface area contributed by atoms with Gasteiger partial charge in [-0.15, -0.1) is 0 Å². The van der Waals surface area contributed by atoms with Crippen LogP contribution in [0.1, 0.15) is 22.3 Å². The van der Waals surface area contributed by atoms with Crippen molar-refractivity contribution >= 4 is 11.9 Å². The van der Waals surface area contributed by atoms with E-state index in [0.29, 0.717) is 25.6 Å². The Bertz CT molecular complexity index is 1040. The van der Waals surface area contributed by atoms with E-state index < -0.39 is 0 Å². The molecule has 0 radical (unpaired) electrons. The Morgan fingerprint density at radius 2 is 1.81 bits per heavy atom. The molecule has 1 aliphatic rings.